The zero-order chi connectivity index (χ0) is 10.6. The number of nitrogens with two attached hydrogens (primary N) is 2. The van der Waals surface area contributed by atoms with Gasteiger partial charge in [-0.25, -0.2) is 0 Å². The molecule has 4 nitrogen and oxygen atoms in total. The van der Waals surface area contributed by atoms with Gasteiger partial charge in [0.15, 0.2) is 0 Å². The molecule has 0 aliphatic rings. The quantitative estimate of drug-likeness (QED) is 0.702. The van der Waals surface area contributed by atoms with Crippen molar-refractivity contribution in [2.45, 2.75) is 6.42 Å². The fourth-order valence-electron chi connectivity index (χ4n) is 1.15. The van der Waals surface area contributed by atoms with Gasteiger partial charge in [0.2, 0.25) is 11.8 Å². The van der Waals surface area contributed by atoms with E-state index in [1.165, 1.54) is 6.42 Å². The van der Waals surface area contributed by atoms with Crippen molar-refractivity contribution in [3.05, 3.63) is 41.8 Å². The number of amides is 2. The first-order valence-corrected chi connectivity index (χ1v) is 4.11. The van der Waals surface area contributed by atoms with Gasteiger partial charge in [-0.1, -0.05) is 18.2 Å². The Morgan fingerprint density at radius 1 is 1.21 bits per heavy atom. The fourth-order valence-corrected chi connectivity index (χ4v) is 1.15. The van der Waals surface area contributed by atoms with Gasteiger partial charge in [-0.15, -0.1) is 0 Å². The third-order valence-corrected chi connectivity index (χ3v) is 1.81. The number of benzene rings is 1. The predicted molar refractivity (Wildman–Crippen MR) is 52.2 cm³/mol. The zero-order valence-corrected chi connectivity index (χ0v) is 7.57. The lowest BCUT2D eigenvalue weighted by Gasteiger charge is -2.03. The molecule has 0 aliphatic heterocycles. The van der Waals surface area contributed by atoms with Gasteiger partial charge in [-0.3, -0.25) is 9.59 Å². The van der Waals surface area contributed by atoms with Crippen molar-refractivity contribution < 1.29 is 9.59 Å². The van der Waals surface area contributed by atoms with E-state index in [1.807, 2.05) is 0 Å². The van der Waals surface area contributed by atoms with Crippen LogP contribution in [0.25, 0.3) is 0 Å². The molecule has 2 amide bonds. The highest BCUT2D eigenvalue weighted by atomic mass is 16.1. The molecule has 1 radical (unpaired) electrons. The summed E-state index contributed by atoms with van der Waals surface area (Å²) < 4.78 is 0. The maximum absolute atomic E-state index is 11.0. The van der Waals surface area contributed by atoms with Gasteiger partial charge in [0.05, 0.1) is 6.42 Å². The topological polar surface area (TPSA) is 86.2 Å². The lowest BCUT2D eigenvalue weighted by molar-refractivity contribution is -0.115. The van der Waals surface area contributed by atoms with Crippen LogP contribution >= 0.6 is 0 Å². The van der Waals surface area contributed by atoms with Crippen LogP contribution in [0.3, 0.4) is 0 Å². The van der Waals surface area contributed by atoms with E-state index in [1.54, 1.807) is 24.3 Å². The van der Waals surface area contributed by atoms with Crippen molar-refractivity contribution in [3.63, 3.8) is 0 Å². The van der Waals surface area contributed by atoms with E-state index in [0.717, 1.165) is 0 Å². The number of carbonyl (C=O) groups excluding carboxylic acids is 2. The number of carbonyl (C=O) groups is 2. The lowest BCUT2D eigenvalue weighted by Crippen LogP contribution is -2.16. The molecule has 0 atom stereocenters. The van der Waals surface area contributed by atoms with Gasteiger partial charge in [-0.05, 0) is 18.1 Å². The first-order chi connectivity index (χ1) is 6.61. The van der Waals surface area contributed by atoms with Crippen molar-refractivity contribution >= 4 is 11.8 Å². The molecule has 0 spiro atoms. The van der Waals surface area contributed by atoms with Crippen LogP contribution in [-0.4, -0.2) is 11.8 Å². The Labute approximate surface area is 81.9 Å². The molecule has 1 aromatic carbocycles. The van der Waals surface area contributed by atoms with Crippen LogP contribution in [0, 0.1) is 6.42 Å². The van der Waals surface area contributed by atoms with Crippen LogP contribution in [0.4, 0.5) is 0 Å². The Hall–Kier alpha value is -1.84. The van der Waals surface area contributed by atoms with Gasteiger partial charge in [0.1, 0.15) is 0 Å². The second-order valence-electron chi connectivity index (χ2n) is 2.83. The molecule has 1 aromatic rings. The van der Waals surface area contributed by atoms with Crippen LogP contribution in [0.5, 0.6) is 0 Å². The monoisotopic (exact) mass is 191 g/mol. The molecule has 73 valence electrons. The summed E-state index contributed by atoms with van der Waals surface area (Å²) in [6.07, 6.45) is 1.64. The second-order valence-corrected chi connectivity index (χ2v) is 2.83. The molecule has 0 fully saturated rings. The van der Waals surface area contributed by atoms with E-state index in [0.29, 0.717) is 17.5 Å². The second kappa shape index (κ2) is 4.41. The van der Waals surface area contributed by atoms with Crippen LogP contribution in [0.15, 0.2) is 24.3 Å². The summed E-state index contributed by atoms with van der Waals surface area (Å²) in [6.45, 7) is 0. The average molecular weight is 191 g/mol. The van der Waals surface area contributed by atoms with Crippen LogP contribution in [0.2, 0.25) is 0 Å². The van der Waals surface area contributed by atoms with Gasteiger partial charge >= 0.3 is 0 Å². The Balaban J connectivity index is 2.84. The minimum absolute atomic E-state index is 0.328. The summed E-state index contributed by atoms with van der Waals surface area (Å²) in [5, 5.41) is 0. The molecule has 0 saturated carbocycles. The van der Waals surface area contributed by atoms with Gasteiger partial charge < -0.3 is 11.5 Å². The van der Waals surface area contributed by atoms with E-state index in [9.17, 15) is 9.59 Å². The highest BCUT2D eigenvalue weighted by Gasteiger charge is 2.07. The minimum atomic E-state index is -0.510. The molecule has 0 heterocycles. The first-order valence-electron chi connectivity index (χ1n) is 4.11. The number of hydrogen-bond donors (Lipinski definition) is 2. The SMILES string of the molecule is NC(=O)[CH]Cc1ccccc1C(N)=O. The minimum Gasteiger partial charge on any atom is -0.369 e. The normalized spacial score (nSPS) is 9.71. The van der Waals surface area contributed by atoms with Crippen molar-refractivity contribution in [3.8, 4) is 0 Å². The van der Waals surface area contributed by atoms with Crippen molar-refractivity contribution in [1.82, 2.24) is 0 Å². The van der Waals surface area contributed by atoms with Crippen LogP contribution in [-0.2, 0) is 11.2 Å². The van der Waals surface area contributed by atoms with Gasteiger partial charge in [0.25, 0.3) is 0 Å². The molecule has 0 aliphatic carbocycles. The Bertz CT molecular complexity index is 361. The standard InChI is InChI=1S/C10H11N2O2/c11-9(13)6-5-7-3-1-2-4-8(7)10(12)14/h1-4,6H,5H2,(H2,11,13)(H2,12,14). The Morgan fingerprint density at radius 2 is 1.86 bits per heavy atom. The zero-order valence-electron chi connectivity index (χ0n) is 7.57. The first kappa shape index (κ1) is 10.2. The lowest BCUT2D eigenvalue weighted by atomic mass is 10.0. The molecule has 4 N–H and O–H groups in total. The van der Waals surface area contributed by atoms with E-state index >= 15 is 0 Å². The summed E-state index contributed by atoms with van der Waals surface area (Å²) in [7, 11) is 0. The van der Waals surface area contributed by atoms with E-state index in [2.05, 4.69) is 0 Å². The van der Waals surface area contributed by atoms with Crippen LogP contribution < -0.4 is 11.5 Å². The molecular formula is C10H11N2O2. The molecular weight excluding hydrogens is 180 g/mol. The highest BCUT2D eigenvalue weighted by Crippen LogP contribution is 2.09. The Morgan fingerprint density at radius 3 is 2.43 bits per heavy atom. The largest absolute Gasteiger partial charge is 0.369 e. The fraction of sp³-hybridized carbons (Fsp3) is 0.100. The average Bonchev–Trinajstić information content (AvgIpc) is 2.15. The van der Waals surface area contributed by atoms with Crippen LogP contribution in [0.1, 0.15) is 15.9 Å². The number of hydrogen-bond acceptors (Lipinski definition) is 2. The van der Waals surface area contributed by atoms with Crippen molar-refractivity contribution in [2.24, 2.45) is 11.5 Å². The molecule has 1 rings (SSSR count). The maximum Gasteiger partial charge on any atom is 0.248 e. The summed E-state index contributed by atoms with van der Waals surface area (Å²) >= 11 is 0. The Kier molecular flexibility index (Phi) is 3.23. The highest BCUT2D eigenvalue weighted by molar-refractivity contribution is 5.94. The van der Waals surface area contributed by atoms with Crippen molar-refractivity contribution in [1.29, 1.82) is 0 Å². The number of primary amides is 2. The summed E-state index contributed by atoms with van der Waals surface area (Å²) in [5.74, 6) is -1.01. The predicted octanol–water partition coefficient (Wildman–Crippen LogP) is 0.0176. The van der Waals surface area contributed by atoms with E-state index in [4.69, 9.17) is 11.5 Å². The third-order valence-electron chi connectivity index (χ3n) is 1.81. The molecule has 4 heteroatoms. The molecule has 0 saturated heterocycles. The molecule has 0 bridgehead atoms. The summed E-state index contributed by atoms with van der Waals surface area (Å²) in [6, 6.07) is 6.84. The summed E-state index contributed by atoms with van der Waals surface area (Å²) in [4.78, 5) is 21.5. The van der Waals surface area contributed by atoms with E-state index in [-0.39, 0.29) is 0 Å². The molecule has 0 unspecified atom stereocenters. The van der Waals surface area contributed by atoms with E-state index < -0.39 is 11.8 Å². The molecule has 0 aromatic heterocycles. The maximum atomic E-state index is 11.0. The molecule has 14 heavy (non-hydrogen) atoms. The van der Waals surface area contributed by atoms with Crippen molar-refractivity contribution in [2.75, 3.05) is 0 Å². The van der Waals surface area contributed by atoms with Gasteiger partial charge in [-0.2, -0.15) is 0 Å². The summed E-state index contributed by atoms with van der Waals surface area (Å²) in [5.41, 5.74) is 11.2. The number of rotatable bonds is 4. The van der Waals surface area contributed by atoms with Gasteiger partial charge in [0, 0.05) is 5.56 Å². The third kappa shape index (κ3) is 2.58. The smallest absolute Gasteiger partial charge is 0.248 e.